The lowest BCUT2D eigenvalue weighted by Crippen LogP contribution is -2.21. The average Bonchev–Trinajstić information content (AvgIpc) is 3.43. The molecule has 0 spiro atoms. The number of carbonyl (C=O) groups is 3. The van der Waals surface area contributed by atoms with Gasteiger partial charge < -0.3 is 15.1 Å². The Balaban J connectivity index is 1.20. The van der Waals surface area contributed by atoms with Crippen LogP contribution >= 0.6 is 0 Å². The first-order valence-electron chi connectivity index (χ1n) is 15.7. The number of aromatic nitrogens is 2. The van der Waals surface area contributed by atoms with E-state index in [4.69, 9.17) is 0 Å². The highest BCUT2D eigenvalue weighted by molar-refractivity contribution is 6.14. The van der Waals surface area contributed by atoms with Gasteiger partial charge in [0.25, 0.3) is 5.56 Å². The fourth-order valence-corrected chi connectivity index (χ4v) is 6.40. The minimum Gasteiger partial charge on any atom is -0.478 e. The van der Waals surface area contributed by atoms with Crippen LogP contribution in [0.4, 0.5) is 17.1 Å². The molecule has 240 valence electrons. The van der Waals surface area contributed by atoms with Crippen molar-refractivity contribution < 1.29 is 24.6 Å². The lowest BCUT2D eigenvalue weighted by atomic mass is 9.97. The van der Waals surface area contributed by atoms with Gasteiger partial charge in [0.1, 0.15) is 0 Å². The number of hydrogen-bond acceptors (Lipinski definition) is 6. The van der Waals surface area contributed by atoms with E-state index in [0.717, 1.165) is 34.3 Å². The summed E-state index contributed by atoms with van der Waals surface area (Å²) in [7, 11) is 0. The predicted molar refractivity (Wildman–Crippen MR) is 190 cm³/mol. The van der Waals surface area contributed by atoms with Crippen LogP contribution in [0.15, 0.2) is 144 Å². The van der Waals surface area contributed by atoms with Crippen LogP contribution in [-0.4, -0.2) is 37.5 Å². The molecule has 9 nitrogen and oxygen atoms in total. The number of carbonyl (C=O) groups excluding carboxylic acids is 1. The number of carboxylic acids is 2. The van der Waals surface area contributed by atoms with Crippen molar-refractivity contribution in [3.63, 3.8) is 0 Å². The van der Waals surface area contributed by atoms with Gasteiger partial charge >= 0.3 is 11.9 Å². The Kier molecular flexibility index (Phi) is 7.15. The molecule has 0 aliphatic carbocycles. The molecule has 6 aromatic carbocycles. The van der Waals surface area contributed by atoms with Crippen molar-refractivity contribution in [3.8, 4) is 27.9 Å². The zero-order chi connectivity index (χ0) is 34.5. The van der Waals surface area contributed by atoms with E-state index >= 15 is 0 Å². The van der Waals surface area contributed by atoms with Crippen molar-refractivity contribution in [2.24, 2.45) is 0 Å². The molecule has 1 aliphatic rings. The molecule has 1 aliphatic heterocycles. The number of aromatic carboxylic acids is 2. The van der Waals surface area contributed by atoms with Crippen LogP contribution in [0, 0.1) is 0 Å². The third kappa shape index (κ3) is 5.10. The number of ketones is 1. The summed E-state index contributed by atoms with van der Waals surface area (Å²) in [6.07, 6.45) is 0. The molecule has 0 unspecified atom stereocenters. The number of benzene rings is 6. The minimum atomic E-state index is -1.28. The second-order valence-electron chi connectivity index (χ2n) is 11.8. The maximum Gasteiger partial charge on any atom is 0.335 e. The molecule has 0 radical (unpaired) electrons. The van der Waals surface area contributed by atoms with Gasteiger partial charge in [-0.3, -0.25) is 14.2 Å². The van der Waals surface area contributed by atoms with Crippen LogP contribution in [0.2, 0.25) is 0 Å². The molecule has 2 heterocycles. The van der Waals surface area contributed by atoms with Crippen LogP contribution in [0.5, 0.6) is 0 Å². The van der Waals surface area contributed by atoms with Crippen LogP contribution < -0.4 is 10.5 Å². The Morgan fingerprint density at radius 2 is 1.10 bits per heavy atom. The normalized spacial score (nSPS) is 11.6. The number of rotatable bonds is 7. The summed E-state index contributed by atoms with van der Waals surface area (Å²) in [5.74, 6) is -3.01. The second-order valence-corrected chi connectivity index (χ2v) is 11.8. The van der Waals surface area contributed by atoms with Gasteiger partial charge in [0, 0.05) is 17.1 Å². The summed E-state index contributed by atoms with van der Waals surface area (Å²) in [5.41, 5.74) is 5.52. The Morgan fingerprint density at radius 1 is 0.560 bits per heavy atom. The number of para-hydroxylation sites is 2. The first kappa shape index (κ1) is 30.2. The molecular formula is C41H25N3O6. The zero-order valence-electron chi connectivity index (χ0n) is 26.1. The maximum absolute atomic E-state index is 14.1. The van der Waals surface area contributed by atoms with Crippen molar-refractivity contribution in [2.75, 3.05) is 4.90 Å². The third-order valence-electron chi connectivity index (χ3n) is 8.80. The number of fused-ring (bicyclic) bond motifs is 4. The van der Waals surface area contributed by atoms with E-state index in [1.807, 2.05) is 66.7 Å². The van der Waals surface area contributed by atoms with Gasteiger partial charge in [-0.05, 0) is 101 Å². The summed E-state index contributed by atoms with van der Waals surface area (Å²) in [4.78, 5) is 57.7. The van der Waals surface area contributed by atoms with Gasteiger partial charge in [-0.1, -0.05) is 60.7 Å². The van der Waals surface area contributed by atoms with Gasteiger partial charge in [-0.15, -0.1) is 0 Å². The average molecular weight is 656 g/mol. The molecule has 0 fully saturated rings. The molecule has 8 rings (SSSR count). The summed E-state index contributed by atoms with van der Waals surface area (Å²) in [6.45, 7) is 0. The highest BCUT2D eigenvalue weighted by Gasteiger charge is 2.31. The van der Waals surface area contributed by atoms with Crippen LogP contribution in [0.3, 0.4) is 0 Å². The van der Waals surface area contributed by atoms with Gasteiger partial charge in [-0.2, -0.15) is 0 Å². The molecule has 0 saturated heterocycles. The fourth-order valence-electron chi connectivity index (χ4n) is 6.40. The zero-order valence-corrected chi connectivity index (χ0v) is 26.1. The van der Waals surface area contributed by atoms with Crippen molar-refractivity contribution in [2.45, 2.75) is 0 Å². The Morgan fingerprint density at radius 3 is 1.70 bits per heavy atom. The molecular weight excluding hydrogens is 630 g/mol. The molecule has 2 N–H and O–H groups in total. The van der Waals surface area contributed by atoms with Gasteiger partial charge in [0.05, 0.1) is 33.3 Å². The van der Waals surface area contributed by atoms with Crippen LogP contribution in [-0.2, 0) is 0 Å². The van der Waals surface area contributed by atoms with Crippen molar-refractivity contribution >= 4 is 45.7 Å². The minimum absolute atomic E-state index is 0.0285. The largest absolute Gasteiger partial charge is 0.478 e. The monoisotopic (exact) mass is 655 g/mol. The van der Waals surface area contributed by atoms with E-state index in [1.54, 1.807) is 30.3 Å². The standard InChI is InChI=1S/C41H25N3O6/c45-37-33-17-13-26(27-19-28(40(47)48)21-29(20-27)41(49)50)23-36(33)44-38(37)42-35-18-14-25(22-34(35)39(44)46)24-11-15-32(16-12-24)43(30-7-3-1-4-8-30)31-9-5-2-6-10-31/h1-23H,(H,47,48)(H,49,50). The predicted octanol–water partition coefficient (Wildman–Crippen LogP) is 8.13. The lowest BCUT2D eigenvalue weighted by molar-refractivity contribution is 0.0696. The maximum atomic E-state index is 14.1. The first-order valence-corrected chi connectivity index (χ1v) is 15.7. The number of hydrogen-bond donors (Lipinski definition) is 2. The third-order valence-corrected chi connectivity index (χ3v) is 8.80. The molecule has 0 amide bonds. The van der Waals surface area contributed by atoms with E-state index in [-0.39, 0.29) is 28.2 Å². The van der Waals surface area contributed by atoms with E-state index in [0.29, 0.717) is 22.0 Å². The molecule has 50 heavy (non-hydrogen) atoms. The van der Waals surface area contributed by atoms with E-state index in [2.05, 4.69) is 34.1 Å². The molecule has 0 bridgehead atoms. The van der Waals surface area contributed by atoms with Gasteiger partial charge in [0.2, 0.25) is 5.78 Å². The molecule has 7 aromatic rings. The molecule has 0 saturated carbocycles. The summed E-state index contributed by atoms with van der Waals surface area (Å²) >= 11 is 0. The van der Waals surface area contributed by atoms with Gasteiger partial charge in [-0.25, -0.2) is 14.6 Å². The highest BCUT2D eigenvalue weighted by atomic mass is 16.4. The van der Waals surface area contributed by atoms with Gasteiger partial charge in [0.15, 0.2) is 5.82 Å². The van der Waals surface area contributed by atoms with Crippen molar-refractivity contribution in [3.05, 3.63) is 172 Å². The van der Waals surface area contributed by atoms with Crippen LogP contribution in [0.25, 0.3) is 38.8 Å². The fraction of sp³-hybridized carbons (Fsp3) is 0. The number of anilines is 3. The lowest BCUT2D eigenvalue weighted by Gasteiger charge is -2.25. The van der Waals surface area contributed by atoms with E-state index in [9.17, 15) is 29.4 Å². The Hall–Kier alpha value is -7.13. The topological polar surface area (TPSA) is 130 Å². The molecule has 1 aromatic heterocycles. The van der Waals surface area contributed by atoms with Crippen molar-refractivity contribution in [1.29, 1.82) is 0 Å². The SMILES string of the molecule is O=C(O)c1cc(C(=O)O)cc(-c2ccc3c(c2)-n2c(nc4ccc(-c5ccc(N(c6ccccc6)c6ccccc6)cc5)cc4c2=O)C3=O)c1. The first-order chi connectivity index (χ1) is 24.3. The Bertz CT molecular complexity index is 2510. The summed E-state index contributed by atoms with van der Waals surface area (Å²) < 4.78 is 1.27. The quantitative estimate of drug-likeness (QED) is 0.176. The smallest absolute Gasteiger partial charge is 0.335 e. The number of nitrogens with zero attached hydrogens (tertiary/aromatic N) is 3. The number of carboxylic acid groups (broad SMARTS) is 2. The summed E-state index contributed by atoms with van der Waals surface area (Å²) in [6, 6.07) is 42.1. The highest BCUT2D eigenvalue weighted by Crippen LogP contribution is 2.36. The molecule has 9 heteroatoms. The van der Waals surface area contributed by atoms with Crippen LogP contribution in [0.1, 0.15) is 36.9 Å². The Labute approximate surface area is 284 Å². The van der Waals surface area contributed by atoms with E-state index < -0.39 is 23.3 Å². The van der Waals surface area contributed by atoms with E-state index in [1.165, 1.54) is 16.7 Å². The second kappa shape index (κ2) is 11.8. The molecule has 0 atom stereocenters. The summed E-state index contributed by atoms with van der Waals surface area (Å²) in [5, 5.41) is 19.4. The van der Waals surface area contributed by atoms with Crippen molar-refractivity contribution in [1.82, 2.24) is 9.55 Å².